The minimum atomic E-state index is -0.231. The van der Waals surface area contributed by atoms with E-state index in [1.165, 1.54) is 6.26 Å². The molecule has 0 saturated carbocycles. The Kier molecular flexibility index (Phi) is 8.22. The highest BCUT2D eigenvalue weighted by atomic mass is 16.3. The van der Waals surface area contributed by atoms with E-state index >= 15 is 0 Å². The zero-order valence-corrected chi connectivity index (χ0v) is 17.2. The van der Waals surface area contributed by atoms with Crippen molar-refractivity contribution in [2.45, 2.75) is 45.4 Å². The number of hydrogen-bond donors (Lipinski definition) is 2. The molecule has 1 saturated heterocycles. The lowest BCUT2D eigenvalue weighted by atomic mass is 10.1. The number of carbonyl (C=O) groups excluding carboxylic acids is 1. The van der Waals surface area contributed by atoms with Crippen LogP contribution in [0, 0.1) is 0 Å². The largest absolute Gasteiger partial charge is 0.447 e. The van der Waals surface area contributed by atoms with Crippen LogP contribution in [0.3, 0.4) is 0 Å². The highest BCUT2D eigenvalue weighted by Gasteiger charge is 2.21. The molecular formula is C22H32N4O3. The van der Waals surface area contributed by atoms with E-state index in [2.05, 4.69) is 27.0 Å². The molecule has 158 valence electrons. The molecule has 29 heavy (non-hydrogen) atoms. The molecule has 1 aromatic heterocycles. The van der Waals surface area contributed by atoms with Gasteiger partial charge in [-0.15, -0.1) is 0 Å². The van der Waals surface area contributed by atoms with Crippen LogP contribution in [0.25, 0.3) is 0 Å². The van der Waals surface area contributed by atoms with Gasteiger partial charge in [0.15, 0.2) is 5.69 Å². The SMILES string of the molecule is CCCC[C@@H](O)CN1CCN(Cc2nc(C(=O)NCc3ccccc3)co2)CC1. The van der Waals surface area contributed by atoms with Gasteiger partial charge in [0.1, 0.15) is 6.26 Å². The predicted molar refractivity (Wildman–Crippen MR) is 111 cm³/mol. The van der Waals surface area contributed by atoms with Crippen LogP contribution in [0.2, 0.25) is 0 Å². The second-order valence-electron chi connectivity index (χ2n) is 7.67. The van der Waals surface area contributed by atoms with Crippen LogP contribution < -0.4 is 5.32 Å². The van der Waals surface area contributed by atoms with Crippen molar-refractivity contribution in [1.82, 2.24) is 20.1 Å². The van der Waals surface area contributed by atoms with Gasteiger partial charge in [-0.05, 0) is 12.0 Å². The average molecular weight is 401 g/mol. The number of nitrogens with zero attached hydrogens (tertiary/aromatic N) is 3. The molecule has 1 aromatic carbocycles. The number of aliphatic hydroxyl groups is 1. The molecule has 0 unspecified atom stereocenters. The molecular weight excluding hydrogens is 368 g/mol. The van der Waals surface area contributed by atoms with Crippen molar-refractivity contribution in [3.8, 4) is 0 Å². The van der Waals surface area contributed by atoms with Gasteiger partial charge in [-0.25, -0.2) is 4.98 Å². The minimum Gasteiger partial charge on any atom is -0.447 e. The Hall–Kier alpha value is -2.22. The molecule has 3 rings (SSSR count). The molecule has 1 fully saturated rings. The van der Waals surface area contributed by atoms with Crippen LogP contribution in [0.1, 0.15) is 48.1 Å². The van der Waals surface area contributed by atoms with Gasteiger partial charge in [0, 0.05) is 39.3 Å². The number of hydrogen-bond acceptors (Lipinski definition) is 6. The molecule has 2 aromatic rings. The van der Waals surface area contributed by atoms with Gasteiger partial charge in [-0.1, -0.05) is 50.1 Å². The third-order valence-corrected chi connectivity index (χ3v) is 5.26. The van der Waals surface area contributed by atoms with Gasteiger partial charge in [-0.3, -0.25) is 14.6 Å². The second kappa shape index (κ2) is 11.1. The monoisotopic (exact) mass is 400 g/mol. The summed E-state index contributed by atoms with van der Waals surface area (Å²) in [6.07, 6.45) is 4.27. The van der Waals surface area contributed by atoms with Crippen molar-refractivity contribution in [3.63, 3.8) is 0 Å². The highest BCUT2D eigenvalue weighted by molar-refractivity contribution is 5.91. The molecule has 0 spiro atoms. The van der Waals surface area contributed by atoms with Crippen molar-refractivity contribution in [1.29, 1.82) is 0 Å². The lowest BCUT2D eigenvalue weighted by Crippen LogP contribution is -2.48. The zero-order valence-electron chi connectivity index (χ0n) is 17.2. The molecule has 0 bridgehead atoms. The first-order chi connectivity index (χ1) is 14.1. The van der Waals surface area contributed by atoms with Gasteiger partial charge < -0.3 is 14.8 Å². The van der Waals surface area contributed by atoms with E-state index < -0.39 is 0 Å². The first-order valence-electron chi connectivity index (χ1n) is 10.5. The fraction of sp³-hybridized carbons (Fsp3) is 0.545. The molecule has 2 N–H and O–H groups in total. The van der Waals surface area contributed by atoms with E-state index in [-0.39, 0.29) is 12.0 Å². The number of amides is 1. The van der Waals surface area contributed by atoms with Crippen LogP contribution in [0.4, 0.5) is 0 Å². The number of oxazole rings is 1. The summed E-state index contributed by atoms with van der Waals surface area (Å²) in [6.45, 7) is 7.61. The maximum Gasteiger partial charge on any atom is 0.273 e. The van der Waals surface area contributed by atoms with Crippen LogP contribution in [0.15, 0.2) is 41.0 Å². The van der Waals surface area contributed by atoms with Gasteiger partial charge in [-0.2, -0.15) is 0 Å². The second-order valence-corrected chi connectivity index (χ2v) is 7.67. The minimum absolute atomic E-state index is 0.227. The summed E-state index contributed by atoms with van der Waals surface area (Å²) in [5.41, 5.74) is 1.36. The topological polar surface area (TPSA) is 81.8 Å². The maximum absolute atomic E-state index is 12.3. The Morgan fingerprint density at radius 2 is 1.93 bits per heavy atom. The summed E-state index contributed by atoms with van der Waals surface area (Å²) in [5, 5.41) is 13.0. The Morgan fingerprint density at radius 1 is 1.21 bits per heavy atom. The molecule has 0 radical (unpaired) electrons. The number of aromatic nitrogens is 1. The number of aliphatic hydroxyl groups excluding tert-OH is 1. The lowest BCUT2D eigenvalue weighted by molar-refractivity contribution is 0.0627. The van der Waals surface area contributed by atoms with Crippen molar-refractivity contribution >= 4 is 5.91 Å². The molecule has 7 heteroatoms. The smallest absolute Gasteiger partial charge is 0.273 e. The van der Waals surface area contributed by atoms with Crippen LogP contribution in [-0.4, -0.2) is 64.6 Å². The molecule has 7 nitrogen and oxygen atoms in total. The van der Waals surface area contributed by atoms with Crippen LogP contribution >= 0.6 is 0 Å². The number of nitrogens with one attached hydrogen (secondary N) is 1. The molecule has 1 aliphatic heterocycles. The first-order valence-corrected chi connectivity index (χ1v) is 10.5. The van der Waals surface area contributed by atoms with E-state index in [0.29, 0.717) is 24.7 Å². The Bertz CT molecular complexity index is 742. The zero-order chi connectivity index (χ0) is 20.5. The fourth-order valence-corrected chi connectivity index (χ4v) is 3.51. The Balaban J connectivity index is 1.39. The van der Waals surface area contributed by atoms with Crippen LogP contribution in [-0.2, 0) is 13.1 Å². The number of β-amino-alcohol motifs (C(OH)–C–C–N with tert-alkyl or cyclic N) is 1. The Morgan fingerprint density at radius 3 is 2.66 bits per heavy atom. The standard InChI is InChI=1S/C22H32N4O3/c1-2-3-9-19(27)15-25-10-12-26(13-11-25)16-21-24-20(17-29-21)22(28)23-14-18-7-5-4-6-8-18/h4-8,17,19,27H,2-3,9-16H2,1H3,(H,23,28)/t19-/m1/s1. The maximum atomic E-state index is 12.3. The molecule has 0 aliphatic carbocycles. The molecule has 1 amide bonds. The quantitative estimate of drug-likeness (QED) is 0.637. The Labute approximate surface area is 172 Å². The molecule has 1 aliphatic rings. The van der Waals surface area contributed by atoms with Crippen molar-refractivity contribution in [3.05, 3.63) is 53.7 Å². The third-order valence-electron chi connectivity index (χ3n) is 5.26. The lowest BCUT2D eigenvalue weighted by Gasteiger charge is -2.35. The number of benzene rings is 1. The number of piperazine rings is 1. The first kappa shape index (κ1) is 21.5. The van der Waals surface area contributed by atoms with Gasteiger partial charge in [0.05, 0.1) is 12.6 Å². The summed E-state index contributed by atoms with van der Waals surface area (Å²) in [7, 11) is 0. The van der Waals surface area contributed by atoms with E-state index in [1.54, 1.807) is 0 Å². The molecule has 1 atom stereocenters. The van der Waals surface area contributed by atoms with Gasteiger partial charge in [0.2, 0.25) is 5.89 Å². The van der Waals surface area contributed by atoms with Crippen molar-refractivity contribution in [2.24, 2.45) is 0 Å². The normalized spacial score (nSPS) is 16.6. The fourth-order valence-electron chi connectivity index (χ4n) is 3.51. The van der Waals surface area contributed by atoms with Crippen molar-refractivity contribution < 1.29 is 14.3 Å². The predicted octanol–water partition coefficient (Wildman–Crippen LogP) is 2.27. The molecule has 2 heterocycles. The van der Waals surface area contributed by atoms with E-state index in [4.69, 9.17) is 4.42 Å². The average Bonchev–Trinajstić information content (AvgIpc) is 3.21. The number of unbranched alkanes of at least 4 members (excludes halogenated alkanes) is 1. The van der Waals surface area contributed by atoms with E-state index in [1.807, 2.05) is 30.3 Å². The van der Waals surface area contributed by atoms with E-state index in [9.17, 15) is 9.90 Å². The third kappa shape index (κ3) is 6.96. The summed E-state index contributed by atoms with van der Waals surface area (Å²) in [4.78, 5) is 21.2. The summed E-state index contributed by atoms with van der Waals surface area (Å²) >= 11 is 0. The number of carbonyl (C=O) groups is 1. The summed E-state index contributed by atoms with van der Waals surface area (Å²) in [5.74, 6) is 0.334. The van der Waals surface area contributed by atoms with Crippen molar-refractivity contribution in [2.75, 3.05) is 32.7 Å². The number of rotatable bonds is 10. The van der Waals surface area contributed by atoms with Crippen LogP contribution in [0.5, 0.6) is 0 Å². The summed E-state index contributed by atoms with van der Waals surface area (Å²) in [6, 6.07) is 9.78. The summed E-state index contributed by atoms with van der Waals surface area (Å²) < 4.78 is 5.51. The van der Waals surface area contributed by atoms with E-state index in [0.717, 1.165) is 57.5 Å². The van der Waals surface area contributed by atoms with Gasteiger partial charge in [0.25, 0.3) is 5.91 Å². The highest BCUT2D eigenvalue weighted by Crippen LogP contribution is 2.11. The van der Waals surface area contributed by atoms with Gasteiger partial charge >= 0.3 is 0 Å².